The van der Waals surface area contributed by atoms with Crippen molar-refractivity contribution in [3.05, 3.63) is 53.8 Å². The number of hydrogen-bond donors (Lipinski definition) is 1. The van der Waals surface area contributed by atoms with Crippen LogP contribution < -0.4 is 5.32 Å². The van der Waals surface area contributed by atoms with Gasteiger partial charge in [-0.15, -0.1) is 6.58 Å². The van der Waals surface area contributed by atoms with E-state index < -0.39 is 5.92 Å². The molecular formula is C29H40F2IN3O. The second kappa shape index (κ2) is 12.2. The number of carbonyl (C=O) groups excluding carboxylic acids is 1. The van der Waals surface area contributed by atoms with Crippen molar-refractivity contribution in [3.8, 4) is 0 Å². The van der Waals surface area contributed by atoms with Crippen LogP contribution in [0.15, 0.2) is 47.6 Å². The van der Waals surface area contributed by atoms with Gasteiger partial charge in [-0.2, -0.15) is 8.78 Å². The Morgan fingerprint density at radius 1 is 1.31 bits per heavy atom. The minimum atomic E-state index is -2.95. The molecule has 36 heavy (non-hydrogen) atoms. The van der Waals surface area contributed by atoms with Crippen LogP contribution in [0.1, 0.15) is 76.8 Å². The van der Waals surface area contributed by atoms with E-state index >= 15 is 8.78 Å². The smallest absolute Gasteiger partial charge is 0.287 e. The summed E-state index contributed by atoms with van der Waals surface area (Å²) in [5, 5.41) is 3.06. The van der Waals surface area contributed by atoms with Crippen LogP contribution in [0.3, 0.4) is 0 Å². The summed E-state index contributed by atoms with van der Waals surface area (Å²) in [6, 6.07) is 6.00. The van der Waals surface area contributed by atoms with Gasteiger partial charge in [0.25, 0.3) is 5.92 Å². The van der Waals surface area contributed by atoms with Gasteiger partial charge in [-0.25, -0.2) is 0 Å². The lowest BCUT2D eigenvalue weighted by Crippen LogP contribution is -2.43. The summed E-state index contributed by atoms with van der Waals surface area (Å²) in [7, 11) is 0. The first kappa shape index (κ1) is 28.8. The van der Waals surface area contributed by atoms with E-state index in [0.29, 0.717) is 31.6 Å². The lowest BCUT2D eigenvalue weighted by atomic mass is 9.88. The van der Waals surface area contributed by atoms with E-state index in [1.807, 2.05) is 39.8 Å². The number of amidine groups is 1. The maximum atomic E-state index is 15.7. The van der Waals surface area contributed by atoms with E-state index in [2.05, 4.69) is 40.6 Å². The van der Waals surface area contributed by atoms with Crippen LogP contribution in [0.4, 0.5) is 14.5 Å². The van der Waals surface area contributed by atoms with Crippen molar-refractivity contribution in [1.29, 1.82) is 0 Å². The standard InChI is InChI=1S/C29H40F2IN3O/c1-6-8-21(18-26(36)34-24-13-10-20(2)17-22(24)19-32)27-33-16-7-9-25(35(27)23-11-12-23)29(30,31)15-14-28(3,4)5/h6,9-10,13,17,21,23H,1,7-8,11-12,14-16,18-19H2,2-5H3,(H,34,36). The fourth-order valence-corrected chi connectivity index (χ4v) is 5.20. The van der Waals surface area contributed by atoms with Crippen LogP contribution in [0.25, 0.3) is 0 Å². The molecule has 1 fully saturated rings. The topological polar surface area (TPSA) is 44.7 Å². The molecule has 1 unspecified atom stereocenters. The molecule has 1 amide bonds. The molecule has 1 aromatic rings. The minimum Gasteiger partial charge on any atom is -0.326 e. The van der Waals surface area contributed by atoms with Crippen molar-refractivity contribution in [2.45, 2.75) is 89.0 Å². The zero-order chi connectivity index (χ0) is 26.5. The van der Waals surface area contributed by atoms with E-state index in [0.717, 1.165) is 34.1 Å². The molecule has 0 radical (unpaired) electrons. The predicted molar refractivity (Wildman–Crippen MR) is 154 cm³/mol. The van der Waals surface area contributed by atoms with Gasteiger partial charge >= 0.3 is 0 Å². The predicted octanol–water partition coefficient (Wildman–Crippen LogP) is 8.06. The molecule has 7 heteroatoms. The first-order chi connectivity index (χ1) is 16.9. The number of amides is 1. The van der Waals surface area contributed by atoms with E-state index in [1.54, 1.807) is 17.1 Å². The summed E-state index contributed by atoms with van der Waals surface area (Å²) in [6.07, 6.45) is 6.55. The Labute approximate surface area is 228 Å². The molecule has 1 N–H and O–H groups in total. The van der Waals surface area contributed by atoms with Crippen LogP contribution in [-0.4, -0.2) is 35.2 Å². The van der Waals surface area contributed by atoms with Gasteiger partial charge in [-0.3, -0.25) is 9.79 Å². The van der Waals surface area contributed by atoms with E-state index in [4.69, 9.17) is 4.99 Å². The zero-order valence-corrected chi connectivity index (χ0v) is 24.2. The number of hydrogen-bond acceptors (Lipinski definition) is 3. The van der Waals surface area contributed by atoms with Crippen LogP contribution in [0.2, 0.25) is 0 Å². The molecular weight excluding hydrogens is 571 g/mol. The molecule has 0 spiro atoms. The molecule has 0 bridgehead atoms. The van der Waals surface area contributed by atoms with Gasteiger partial charge in [0.05, 0.1) is 5.70 Å². The number of anilines is 1. The van der Waals surface area contributed by atoms with Gasteiger partial charge in [0.1, 0.15) is 5.84 Å². The summed E-state index contributed by atoms with van der Waals surface area (Å²) in [4.78, 5) is 19.8. The molecule has 1 aromatic carbocycles. The number of aryl methyl sites for hydroxylation is 1. The van der Waals surface area contributed by atoms with Crippen LogP contribution in [-0.2, 0) is 9.22 Å². The fourth-order valence-electron chi connectivity index (χ4n) is 4.57. The third kappa shape index (κ3) is 7.86. The van der Waals surface area contributed by atoms with E-state index in [-0.39, 0.29) is 41.8 Å². The molecule has 198 valence electrons. The average molecular weight is 612 g/mol. The summed E-state index contributed by atoms with van der Waals surface area (Å²) >= 11 is 2.29. The van der Waals surface area contributed by atoms with Crippen molar-refractivity contribution in [1.82, 2.24) is 4.90 Å². The molecule has 3 rings (SSSR count). The minimum absolute atomic E-state index is 0.0201. The number of nitrogens with one attached hydrogen (secondary N) is 1. The molecule has 1 atom stereocenters. The quantitative estimate of drug-likeness (QED) is 0.156. The highest BCUT2D eigenvalue weighted by molar-refractivity contribution is 14.1. The third-order valence-electron chi connectivity index (χ3n) is 6.65. The normalized spacial score (nSPS) is 17.7. The van der Waals surface area contributed by atoms with Crippen molar-refractivity contribution >= 4 is 40.0 Å². The second-order valence-electron chi connectivity index (χ2n) is 11.3. The van der Waals surface area contributed by atoms with E-state index in [9.17, 15) is 4.79 Å². The number of halogens is 3. The number of carbonyl (C=O) groups is 1. The van der Waals surface area contributed by atoms with Gasteiger partial charge in [0, 0.05) is 41.5 Å². The highest BCUT2D eigenvalue weighted by atomic mass is 127. The largest absolute Gasteiger partial charge is 0.326 e. The van der Waals surface area contributed by atoms with Gasteiger partial charge < -0.3 is 10.2 Å². The van der Waals surface area contributed by atoms with Crippen molar-refractivity contribution in [2.75, 3.05) is 11.9 Å². The Hall–Kier alpha value is -1.77. The SMILES string of the molecule is C=CCC(CC(=O)Nc1ccc(C)cc1CI)C1=NCCC=C(C(F)(F)CCC(C)(C)C)N1C1CC1. The van der Waals surface area contributed by atoms with Gasteiger partial charge in [0.15, 0.2) is 0 Å². The van der Waals surface area contributed by atoms with Gasteiger partial charge in [-0.1, -0.05) is 73.2 Å². The van der Waals surface area contributed by atoms with Crippen LogP contribution in [0, 0.1) is 18.3 Å². The highest BCUT2D eigenvalue weighted by Crippen LogP contribution is 2.43. The Kier molecular flexibility index (Phi) is 9.74. The molecule has 0 saturated heterocycles. The molecule has 0 aromatic heterocycles. The number of aliphatic imine (C=N–C) groups is 1. The Morgan fingerprint density at radius 2 is 2.03 bits per heavy atom. The lowest BCUT2D eigenvalue weighted by molar-refractivity contribution is -0.116. The Balaban J connectivity index is 1.85. The maximum absolute atomic E-state index is 15.7. The maximum Gasteiger partial charge on any atom is 0.287 e. The van der Waals surface area contributed by atoms with E-state index in [1.165, 1.54) is 0 Å². The summed E-state index contributed by atoms with van der Waals surface area (Å²) < 4.78 is 32.1. The Morgan fingerprint density at radius 3 is 2.64 bits per heavy atom. The first-order valence-corrected chi connectivity index (χ1v) is 14.5. The summed E-state index contributed by atoms with van der Waals surface area (Å²) in [5.41, 5.74) is 2.91. The number of benzene rings is 1. The number of alkyl halides is 3. The highest BCUT2D eigenvalue weighted by Gasteiger charge is 2.46. The third-order valence-corrected chi connectivity index (χ3v) is 7.47. The molecule has 2 aliphatic rings. The first-order valence-electron chi connectivity index (χ1n) is 12.9. The molecule has 1 aliphatic carbocycles. The zero-order valence-electron chi connectivity index (χ0n) is 22.0. The fraction of sp³-hybridized carbons (Fsp3) is 0.586. The number of rotatable bonds is 11. The van der Waals surface area contributed by atoms with Gasteiger partial charge in [-0.05, 0) is 56.1 Å². The number of nitrogens with zero attached hydrogens (tertiary/aromatic N) is 2. The molecule has 4 nitrogen and oxygen atoms in total. The number of allylic oxidation sites excluding steroid dienone is 2. The monoisotopic (exact) mass is 611 g/mol. The summed E-state index contributed by atoms with van der Waals surface area (Å²) in [5.74, 6) is -2.77. The molecule has 1 heterocycles. The lowest BCUT2D eigenvalue weighted by Gasteiger charge is -2.36. The van der Waals surface area contributed by atoms with Crippen molar-refractivity contribution in [3.63, 3.8) is 0 Å². The van der Waals surface area contributed by atoms with Crippen molar-refractivity contribution in [2.24, 2.45) is 16.3 Å². The van der Waals surface area contributed by atoms with Gasteiger partial charge in [0.2, 0.25) is 5.91 Å². The van der Waals surface area contributed by atoms with Crippen LogP contribution in [0.5, 0.6) is 0 Å². The van der Waals surface area contributed by atoms with Crippen molar-refractivity contribution < 1.29 is 13.6 Å². The second-order valence-corrected chi connectivity index (χ2v) is 12.0. The average Bonchev–Trinajstić information content (AvgIpc) is 3.64. The molecule has 1 aliphatic heterocycles. The van der Waals surface area contributed by atoms with Crippen LogP contribution >= 0.6 is 22.6 Å². The Bertz CT molecular complexity index is 1010. The summed E-state index contributed by atoms with van der Waals surface area (Å²) in [6.45, 7) is 12.3. The molecule has 1 saturated carbocycles.